The van der Waals surface area contributed by atoms with Crippen molar-refractivity contribution in [3.63, 3.8) is 0 Å². The van der Waals surface area contributed by atoms with E-state index >= 15 is 0 Å². The summed E-state index contributed by atoms with van der Waals surface area (Å²) in [6.07, 6.45) is -0.882. The van der Waals surface area contributed by atoms with E-state index in [4.69, 9.17) is 15.2 Å². The number of fused-ring (bicyclic) bond motifs is 1. The summed E-state index contributed by atoms with van der Waals surface area (Å²) in [6.45, 7) is 3.02. The summed E-state index contributed by atoms with van der Waals surface area (Å²) in [5, 5.41) is 9.80. The van der Waals surface area contributed by atoms with Gasteiger partial charge < -0.3 is 20.3 Å². The molecule has 17 heavy (non-hydrogen) atoms. The van der Waals surface area contributed by atoms with Gasteiger partial charge in [0.1, 0.15) is 5.67 Å². The fourth-order valence-electron chi connectivity index (χ4n) is 1.76. The fourth-order valence-corrected chi connectivity index (χ4v) is 1.76. The van der Waals surface area contributed by atoms with Crippen molar-refractivity contribution >= 4 is 0 Å². The minimum Gasteiger partial charge on any atom is -0.454 e. The lowest BCUT2D eigenvalue weighted by atomic mass is 9.95. The van der Waals surface area contributed by atoms with E-state index in [1.165, 1.54) is 13.8 Å². The summed E-state index contributed by atoms with van der Waals surface area (Å²) < 4.78 is 24.4. The maximum Gasteiger partial charge on any atom is 0.231 e. The molecule has 0 aromatic heterocycles. The first kappa shape index (κ1) is 12.1. The SMILES string of the molecule is CC(C)(F)c1cc2c(c(C(O)CN)c1)OCO2. The molecule has 0 saturated heterocycles. The van der Waals surface area contributed by atoms with Gasteiger partial charge in [0.05, 0.1) is 6.10 Å². The summed E-state index contributed by atoms with van der Waals surface area (Å²) in [6, 6.07) is 3.17. The van der Waals surface area contributed by atoms with Gasteiger partial charge in [0.2, 0.25) is 6.79 Å². The van der Waals surface area contributed by atoms with Crippen molar-refractivity contribution in [3.05, 3.63) is 23.3 Å². The van der Waals surface area contributed by atoms with E-state index in [-0.39, 0.29) is 13.3 Å². The first-order valence-corrected chi connectivity index (χ1v) is 5.44. The molecule has 5 heteroatoms. The molecule has 0 amide bonds. The topological polar surface area (TPSA) is 64.7 Å². The lowest BCUT2D eigenvalue weighted by Crippen LogP contribution is -2.15. The number of hydrogen-bond acceptors (Lipinski definition) is 4. The Morgan fingerprint density at radius 3 is 2.76 bits per heavy atom. The van der Waals surface area contributed by atoms with Crippen molar-refractivity contribution in [2.75, 3.05) is 13.3 Å². The van der Waals surface area contributed by atoms with Gasteiger partial charge in [-0.25, -0.2) is 4.39 Å². The fraction of sp³-hybridized carbons (Fsp3) is 0.500. The normalized spacial score (nSPS) is 16.1. The zero-order valence-electron chi connectivity index (χ0n) is 9.87. The lowest BCUT2D eigenvalue weighted by Gasteiger charge is -2.19. The zero-order valence-corrected chi connectivity index (χ0v) is 9.87. The summed E-state index contributed by atoms with van der Waals surface area (Å²) in [5.41, 5.74) is 4.82. The number of halogens is 1. The Kier molecular flexibility index (Phi) is 2.97. The Bertz CT molecular complexity index is 428. The van der Waals surface area contributed by atoms with Crippen molar-refractivity contribution < 1.29 is 19.0 Å². The molecule has 1 aromatic carbocycles. The standard InChI is InChI=1S/C12H16FNO3/c1-12(2,13)7-3-8(9(15)5-14)11-10(4-7)16-6-17-11/h3-4,9,15H,5-6,14H2,1-2H3. The second-order valence-electron chi connectivity index (χ2n) is 4.52. The van der Waals surface area contributed by atoms with Crippen LogP contribution in [0.1, 0.15) is 31.1 Å². The van der Waals surface area contributed by atoms with E-state index < -0.39 is 11.8 Å². The van der Waals surface area contributed by atoms with Crippen molar-refractivity contribution in [1.29, 1.82) is 0 Å². The van der Waals surface area contributed by atoms with Crippen LogP contribution in [-0.4, -0.2) is 18.4 Å². The minimum absolute atomic E-state index is 0.0476. The van der Waals surface area contributed by atoms with Crippen molar-refractivity contribution in [2.45, 2.75) is 25.6 Å². The quantitative estimate of drug-likeness (QED) is 0.843. The summed E-state index contributed by atoms with van der Waals surface area (Å²) in [4.78, 5) is 0. The summed E-state index contributed by atoms with van der Waals surface area (Å²) in [7, 11) is 0. The molecule has 0 radical (unpaired) electrons. The van der Waals surface area contributed by atoms with Crippen molar-refractivity contribution in [2.24, 2.45) is 5.73 Å². The number of hydrogen-bond donors (Lipinski definition) is 2. The highest BCUT2D eigenvalue weighted by atomic mass is 19.1. The average molecular weight is 241 g/mol. The van der Waals surface area contributed by atoms with Gasteiger partial charge in [0.25, 0.3) is 0 Å². The van der Waals surface area contributed by atoms with Gasteiger partial charge in [0, 0.05) is 12.1 Å². The van der Waals surface area contributed by atoms with E-state index in [2.05, 4.69) is 0 Å². The van der Waals surface area contributed by atoms with E-state index in [1.54, 1.807) is 12.1 Å². The van der Waals surface area contributed by atoms with E-state index in [0.717, 1.165) is 0 Å². The second kappa shape index (κ2) is 4.16. The first-order valence-electron chi connectivity index (χ1n) is 5.44. The van der Waals surface area contributed by atoms with Crippen LogP contribution < -0.4 is 15.2 Å². The number of aliphatic hydroxyl groups excluding tert-OH is 1. The van der Waals surface area contributed by atoms with Crippen LogP contribution in [0.5, 0.6) is 11.5 Å². The highest BCUT2D eigenvalue weighted by molar-refractivity contribution is 5.53. The van der Waals surface area contributed by atoms with E-state index in [0.29, 0.717) is 22.6 Å². The molecule has 1 atom stereocenters. The largest absolute Gasteiger partial charge is 0.454 e. The van der Waals surface area contributed by atoms with Crippen LogP contribution in [0.4, 0.5) is 4.39 Å². The van der Waals surface area contributed by atoms with Crippen LogP contribution in [0.25, 0.3) is 0 Å². The summed E-state index contributed by atoms with van der Waals surface area (Å²) in [5.74, 6) is 0.909. The van der Waals surface area contributed by atoms with Crippen molar-refractivity contribution in [1.82, 2.24) is 0 Å². The predicted molar refractivity (Wildman–Crippen MR) is 60.7 cm³/mol. The predicted octanol–water partition coefficient (Wildman–Crippen LogP) is 1.61. The maximum absolute atomic E-state index is 13.9. The highest BCUT2D eigenvalue weighted by Crippen LogP contribution is 2.42. The molecular formula is C12H16FNO3. The first-order chi connectivity index (χ1) is 7.93. The minimum atomic E-state index is -1.51. The molecule has 0 saturated carbocycles. The molecule has 0 bridgehead atoms. The number of benzene rings is 1. The van der Waals surface area contributed by atoms with Gasteiger partial charge in [-0.3, -0.25) is 0 Å². The second-order valence-corrected chi connectivity index (χ2v) is 4.52. The molecule has 0 aliphatic carbocycles. The van der Waals surface area contributed by atoms with Gasteiger partial charge in [-0.1, -0.05) is 0 Å². The third-order valence-electron chi connectivity index (χ3n) is 2.77. The third-order valence-corrected chi connectivity index (χ3v) is 2.77. The molecule has 1 aliphatic rings. The molecule has 1 aliphatic heterocycles. The van der Waals surface area contributed by atoms with Crippen LogP contribution in [0.2, 0.25) is 0 Å². The van der Waals surface area contributed by atoms with Gasteiger partial charge in [0.15, 0.2) is 11.5 Å². The van der Waals surface area contributed by atoms with Crippen LogP contribution >= 0.6 is 0 Å². The molecule has 3 N–H and O–H groups in total. The Hall–Kier alpha value is -1.33. The molecule has 1 heterocycles. The molecule has 1 aromatic rings. The number of alkyl halides is 1. The van der Waals surface area contributed by atoms with E-state index in [1.807, 2.05) is 0 Å². The lowest BCUT2D eigenvalue weighted by molar-refractivity contribution is 0.161. The van der Waals surface area contributed by atoms with Gasteiger partial charge in [-0.2, -0.15) is 0 Å². The Balaban J connectivity index is 2.54. The molecule has 2 rings (SSSR count). The van der Waals surface area contributed by atoms with Crippen LogP contribution in [0, 0.1) is 0 Å². The molecular weight excluding hydrogens is 225 g/mol. The Morgan fingerprint density at radius 2 is 2.18 bits per heavy atom. The van der Waals surface area contributed by atoms with Gasteiger partial charge in [-0.15, -0.1) is 0 Å². The smallest absolute Gasteiger partial charge is 0.231 e. The Labute approximate surface area is 99.1 Å². The maximum atomic E-state index is 13.9. The van der Waals surface area contributed by atoms with Crippen LogP contribution in [-0.2, 0) is 5.67 Å². The molecule has 0 spiro atoms. The highest BCUT2D eigenvalue weighted by Gasteiger charge is 2.28. The molecule has 94 valence electrons. The third kappa shape index (κ3) is 2.21. The summed E-state index contributed by atoms with van der Waals surface area (Å²) >= 11 is 0. The average Bonchev–Trinajstić information content (AvgIpc) is 2.73. The van der Waals surface area contributed by atoms with Gasteiger partial charge >= 0.3 is 0 Å². The monoisotopic (exact) mass is 241 g/mol. The zero-order chi connectivity index (χ0) is 12.6. The molecule has 0 fully saturated rings. The van der Waals surface area contributed by atoms with Crippen LogP contribution in [0.15, 0.2) is 12.1 Å². The van der Waals surface area contributed by atoms with Gasteiger partial charge in [-0.05, 0) is 31.5 Å². The van der Waals surface area contributed by atoms with E-state index in [9.17, 15) is 9.50 Å². The number of rotatable bonds is 3. The number of nitrogens with two attached hydrogens (primary N) is 1. The number of aliphatic hydroxyl groups is 1. The molecule has 1 unspecified atom stereocenters. The Morgan fingerprint density at radius 1 is 1.47 bits per heavy atom. The number of ether oxygens (including phenoxy) is 2. The van der Waals surface area contributed by atoms with Crippen LogP contribution in [0.3, 0.4) is 0 Å². The molecule has 4 nitrogen and oxygen atoms in total. The van der Waals surface area contributed by atoms with Crippen molar-refractivity contribution in [3.8, 4) is 11.5 Å².